The number of aromatic nitrogens is 3. The van der Waals surface area contributed by atoms with Gasteiger partial charge in [0.2, 0.25) is 11.8 Å². The molecule has 0 aliphatic carbocycles. The predicted molar refractivity (Wildman–Crippen MR) is 91.4 cm³/mol. The summed E-state index contributed by atoms with van der Waals surface area (Å²) in [7, 11) is 0. The van der Waals surface area contributed by atoms with Gasteiger partial charge in [-0.1, -0.05) is 6.07 Å². The number of ether oxygens (including phenoxy) is 1. The monoisotopic (exact) mass is 340 g/mol. The summed E-state index contributed by atoms with van der Waals surface area (Å²) >= 11 is 0. The average molecular weight is 340 g/mol. The van der Waals surface area contributed by atoms with Gasteiger partial charge in [0.05, 0.1) is 13.2 Å². The molecule has 1 saturated heterocycles. The molecule has 1 atom stereocenters. The Morgan fingerprint density at radius 1 is 1.28 bits per heavy atom. The normalized spacial score (nSPS) is 18.0. The summed E-state index contributed by atoms with van der Waals surface area (Å²) < 4.78 is 11.1. The second kappa shape index (κ2) is 6.00. The predicted octanol–water partition coefficient (Wildman–Crippen LogP) is 2.69. The quantitative estimate of drug-likeness (QED) is 0.775. The lowest BCUT2D eigenvalue weighted by Crippen LogP contribution is -2.42. The molecule has 3 heterocycles. The van der Waals surface area contributed by atoms with Crippen LogP contribution in [0.4, 0.5) is 0 Å². The van der Waals surface area contributed by atoms with Crippen LogP contribution in [0.2, 0.25) is 0 Å². The molecule has 3 aromatic rings. The van der Waals surface area contributed by atoms with E-state index in [-0.39, 0.29) is 12.0 Å². The van der Waals surface area contributed by atoms with Crippen LogP contribution in [0.25, 0.3) is 10.9 Å². The van der Waals surface area contributed by atoms with Gasteiger partial charge in [-0.25, -0.2) is 0 Å². The number of aromatic amines is 1. The number of carbonyl (C=O) groups is 1. The highest BCUT2D eigenvalue weighted by atomic mass is 16.5. The van der Waals surface area contributed by atoms with E-state index in [9.17, 15) is 4.79 Å². The number of amides is 1. The number of morpholine rings is 1. The number of rotatable bonds is 2. The molecule has 1 aliphatic rings. The maximum absolute atomic E-state index is 12.9. The van der Waals surface area contributed by atoms with Gasteiger partial charge in [0.1, 0.15) is 5.69 Å². The van der Waals surface area contributed by atoms with E-state index in [1.54, 1.807) is 11.8 Å². The van der Waals surface area contributed by atoms with E-state index in [0.717, 1.165) is 10.9 Å². The van der Waals surface area contributed by atoms with Gasteiger partial charge < -0.3 is 19.0 Å². The van der Waals surface area contributed by atoms with Crippen molar-refractivity contribution in [2.75, 3.05) is 19.7 Å². The van der Waals surface area contributed by atoms with Crippen LogP contribution in [0.15, 0.2) is 22.6 Å². The summed E-state index contributed by atoms with van der Waals surface area (Å²) in [4.78, 5) is 17.9. The lowest BCUT2D eigenvalue weighted by molar-refractivity contribution is -0.0350. The molecule has 25 heavy (non-hydrogen) atoms. The molecule has 0 radical (unpaired) electrons. The molecule has 0 saturated carbocycles. The molecule has 0 unspecified atom stereocenters. The van der Waals surface area contributed by atoms with E-state index >= 15 is 0 Å². The number of fused-ring (bicyclic) bond motifs is 1. The van der Waals surface area contributed by atoms with Gasteiger partial charge >= 0.3 is 0 Å². The van der Waals surface area contributed by atoms with Crippen molar-refractivity contribution >= 4 is 16.8 Å². The van der Waals surface area contributed by atoms with Crippen molar-refractivity contribution in [1.82, 2.24) is 20.1 Å². The Kier molecular flexibility index (Phi) is 3.80. The summed E-state index contributed by atoms with van der Waals surface area (Å²) in [6, 6.07) is 6.00. The minimum atomic E-state index is -0.382. The number of hydrogen-bond donors (Lipinski definition) is 1. The summed E-state index contributed by atoms with van der Waals surface area (Å²) in [5.41, 5.74) is 3.97. The van der Waals surface area contributed by atoms with Gasteiger partial charge in [-0.05, 0) is 37.1 Å². The Balaban J connectivity index is 1.59. The second-order valence-corrected chi connectivity index (χ2v) is 6.42. The van der Waals surface area contributed by atoms with Crippen LogP contribution in [-0.2, 0) is 4.74 Å². The molecule has 1 amide bonds. The topological polar surface area (TPSA) is 84.2 Å². The van der Waals surface area contributed by atoms with Gasteiger partial charge in [0, 0.05) is 24.4 Å². The van der Waals surface area contributed by atoms with Crippen molar-refractivity contribution in [3.8, 4) is 0 Å². The van der Waals surface area contributed by atoms with Crippen LogP contribution < -0.4 is 0 Å². The fourth-order valence-corrected chi connectivity index (χ4v) is 3.17. The number of hydrogen-bond acceptors (Lipinski definition) is 5. The first-order valence-corrected chi connectivity index (χ1v) is 8.32. The Morgan fingerprint density at radius 3 is 2.88 bits per heavy atom. The fourth-order valence-electron chi connectivity index (χ4n) is 3.17. The van der Waals surface area contributed by atoms with Crippen LogP contribution >= 0.6 is 0 Å². The molecule has 130 valence electrons. The third-order valence-electron chi connectivity index (χ3n) is 4.74. The third-order valence-corrected chi connectivity index (χ3v) is 4.74. The number of nitrogens with one attached hydrogen (secondary N) is 1. The van der Waals surface area contributed by atoms with E-state index in [4.69, 9.17) is 9.15 Å². The second-order valence-electron chi connectivity index (χ2n) is 6.42. The molecule has 4 rings (SSSR count). The standard InChI is InChI=1S/C18H20N4O3/c1-10-4-5-14-13(11(10)2)8-15(19-14)18(23)22-6-7-24-16(9-22)17-21-20-12(3)25-17/h4-5,8,16,19H,6-7,9H2,1-3H3/t16-/m0/s1. The van der Waals surface area contributed by atoms with Crippen molar-refractivity contribution in [2.24, 2.45) is 0 Å². The molecule has 7 nitrogen and oxygen atoms in total. The first kappa shape index (κ1) is 15.8. The highest BCUT2D eigenvalue weighted by Crippen LogP contribution is 2.25. The summed E-state index contributed by atoms with van der Waals surface area (Å²) in [5, 5.41) is 8.92. The van der Waals surface area contributed by atoms with Crippen molar-refractivity contribution in [3.63, 3.8) is 0 Å². The number of carbonyl (C=O) groups excluding carboxylic acids is 1. The van der Waals surface area contributed by atoms with Gasteiger partial charge in [-0.15, -0.1) is 10.2 Å². The van der Waals surface area contributed by atoms with Crippen LogP contribution in [0.5, 0.6) is 0 Å². The number of H-pyrrole nitrogens is 1. The van der Waals surface area contributed by atoms with Gasteiger partial charge in [-0.2, -0.15) is 0 Å². The third kappa shape index (κ3) is 2.80. The molecular weight excluding hydrogens is 320 g/mol. The first-order chi connectivity index (χ1) is 12.0. The zero-order valence-electron chi connectivity index (χ0n) is 14.5. The zero-order chi connectivity index (χ0) is 17.6. The number of benzene rings is 1. The van der Waals surface area contributed by atoms with E-state index in [1.807, 2.05) is 12.1 Å². The highest BCUT2D eigenvalue weighted by Gasteiger charge is 2.30. The Morgan fingerprint density at radius 2 is 2.12 bits per heavy atom. The Bertz CT molecular complexity index is 943. The lowest BCUT2D eigenvalue weighted by atomic mass is 10.1. The van der Waals surface area contributed by atoms with Crippen molar-refractivity contribution < 1.29 is 13.9 Å². The van der Waals surface area contributed by atoms with Crippen molar-refractivity contribution in [2.45, 2.75) is 26.9 Å². The minimum absolute atomic E-state index is 0.0437. The number of aryl methyl sites for hydroxylation is 3. The molecule has 1 aliphatic heterocycles. The molecule has 1 aromatic carbocycles. The lowest BCUT2D eigenvalue weighted by Gasteiger charge is -2.30. The van der Waals surface area contributed by atoms with Crippen LogP contribution in [0.3, 0.4) is 0 Å². The van der Waals surface area contributed by atoms with Gasteiger partial charge in [0.15, 0.2) is 6.10 Å². The molecule has 7 heteroatoms. The average Bonchev–Trinajstić information content (AvgIpc) is 3.24. The van der Waals surface area contributed by atoms with Gasteiger partial charge in [-0.3, -0.25) is 4.79 Å². The van der Waals surface area contributed by atoms with Crippen molar-refractivity contribution in [3.05, 3.63) is 46.8 Å². The van der Waals surface area contributed by atoms with Crippen LogP contribution in [0.1, 0.15) is 39.5 Å². The molecule has 0 spiro atoms. The molecule has 2 aromatic heterocycles. The minimum Gasteiger partial charge on any atom is -0.423 e. The van der Waals surface area contributed by atoms with E-state index < -0.39 is 0 Å². The van der Waals surface area contributed by atoms with E-state index in [1.165, 1.54) is 11.1 Å². The molecular formula is C18H20N4O3. The fraction of sp³-hybridized carbons (Fsp3) is 0.389. The Hall–Kier alpha value is -2.67. The van der Waals surface area contributed by atoms with E-state index in [2.05, 4.69) is 35.1 Å². The molecule has 1 fully saturated rings. The summed E-state index contributed by atoms with van der Waals surface area (Å²) in [5.74, 6) is 0.861. The molecule has 0 bridgehead atoms. The number of nitrogens with zero attached hydrogens (tertiary/aromatic N) is 3. The van der Waals surface area contributed by atoms with E-state index in [0.29, 0.717) is 37.2 Å². The van der Waals surface area contributed by atoms with Crippen LogP contribution in [0, 0.1) is 20.8 Å². The Labute approximate surface area is 145 Å². The first-order valence-electron chi connectivity index (χ1n) is 8.32. The van der Waals surface area contributed by atoms with Crippen LogP contribution in [-0.4, -0.2) is 45.7 Å². The highest BCUT2D eigenvalue weighted by molar-refractivity contribution is 5.99. The summed E-state index contributed by atoms with van der Waals surface area (Å²) in [6.45, 7) is 7.25. The largest absolute Gasteiger partial charge is 0.423 e. The smallest absolute Gasteiger partial charge is 0.270 e. The molecule has 1 N–H and O–H groups in total. The summed E-state index contributed by atoms with van der Waals surface area (Å²) in [6.07, 6.45) is -0.382. The SMILES string of the molecule is Cc1nnc([C@@H]2CN(C(=O)c3cc4c(C)c(C)ccc4[nH]3)CCO2)o1. The van der Waals surface area contributed by atoms with Crippen molar-refractivity contribution in [1.29, 1.82) is 0 Å². The maximum atomic E-state index is 12.9. The maximum Gasteiger partial charge on any atom is 0.270 e. The zero-order valence-corrected chi connectivity index (χ0v) is 14.5. The van der Waals surface area contributed by atoms with Gasteiger partial charge in [0.25, 0.3) is 5.91 Å².